The first-order valence-electron chi connectivity index (χ1n) is 9.78. The Morgan fingerprint density at radius 3 is 2.45 bits per heavy atom. The first-order chi connectivity index (χ1) is 14.7. The van der Waals surface area contributed by atoms with E-state index < -0.39 is 17.6 Å². The van der Waals surface area contributed by atoms with E-state index in [1.165, 1.54) is 35.6 Å². The molecule has 0 aliphatic heterocycles. The van der Waals surface area contributed by atoms with Crippen molar-refractivity contribution in [2.24, 2.45) is 0 Å². The molecule has 0 bridgehead atoms. The van der Waals surface area contributed by atoms with E-state index in [1.54, 1.807) is 6.07 Å². The van der Waals surface area contributed by atoms with Gasteiger partial charge in [0, 0.05) is 5.56 Å². The summed E-state index contributed by atoms with van der Waals surface area (Å²) in [5.41, 5.74) is 2.32. The summed E-state index contributed by atoms with van der Waals surface area (Å²) in [4.78, 5) is 5.49. The van der Waals surface area contributed by atoms with E-state index in [0.717, 1.165) is 47.5 Å². The maximum absolute atomic E-state index is 14.0. The fraction of sp³-hybridized carbons (Fsp3) is 0.250. The van der Waals surface area contributed by atoms with E-state index >= 15 is 0 Å². The number of allylic oxidation sites excluding steroid dienone is 1. The van der Waals surface area contributed by atoms with Crippen LogP contribution in [0.2, 0.25) is 0 Å². The number of benzene rings is 2. The Labute approximate surface area is 182 Å². The van der Waals surface area contributed by atoms with Crippen LogP contribution in [-0.2, 0) is 6.18 Å². The third-order valence-electron chi connectivity index (χ3n) is 4.80. The Bertz CT molecular complexity index is 1140. The third-order valence-corrected chi connectivity index (χ3v) is 6.08. The topological polar surface area (TPSA) is 36.7 Å². The van der Waals surface area contributed by atoms with Crippen molar-refractivity contribution in [3.8, 4) is 16.6 Å². The number of rotatable bonds is 6. The van der Waals surface area contributed by atoms with E-state index in [0.29, 0.717) is 16.1 Å². The SMILES string of the molecule is CCCC/C(=C\c1ccc(C#N)c(F)c1)c1sc(-c2ccc(C(F)(F)F)cc2)nc1C. The van der Waals surface area contributed by atoms with Gasteiger partial charge in [-0.1, -0.05) is 37.6 Å². The molecule has 0 saturated carbocycles. The third kappa shape index (κ3) is 5.39. The molecule has 2 aromatic carbocycles. The summed E-state index contributed by atoms with van der Waals surface area (Å²) in [6.45, 7) is 3.94. The van der Waals surface area contributed by atoms with Crippen LogP contribution in [-0.4, -0.2) is 4.98 Å². The second kappa shape index (κ2) is 9.44. The zero-order valence-corrected chi connectivity index (χ0v) is 17.9. The van der Waals surface area contributed by atoms with Gasteiger partial charge in [0.1, 0.15) is 16.9 Å². The van der Waals surface area contributed by atoms with Crippen molar-refractivity contribution in [2.75, 3.05) is 0 Å². The molecule has 1 aromatic heterocycles. The smallest absolute Gasteiger partial charge is 0.241 e. The second-order valence-corrected chi connectivity index (χ2v) is 8.13. The summed E-state index contributed by atoms with van der Waals surface area (Å²) in [6, 6.07) is 11.3. The maximum atomic E-state index is 14.0. The van der Waals surface area contributed by atoms with Crippen LogP contribution >= 0.6 is 11.3 Å². The van der Waals surface area contributed by atoms with Gasteiger partial charge in [-0.3, -0.25) is 0 Å². The molecule has 0 unspecified atom stereocenters. The number of nitriles is 1. The van der Waals surface area contributed by atoms with Gasteiger partial charge in [0.15, 0.2) is 0 Å². The Morgan fingerprint density at radius 2 is 1.87 bits per heavy atom. The van der Waals surface area contributed by atoms with Gasteiger partial charge in [-0.15, -0.1) is 11.3 Å². The van der Waals surface area contributed by atoms with E-state index in [4.69, 9.17) is 5.26 Å². The number of alkyl halides is 3. The number of hydrogen-bond acceptors (Lipinski definition) is 3. The standard InChI is InChI=1S/C24H20F4N2S/c1-3-4-5-18(12-16-6-7-19(14-29)21(25)13-16)22-15(2)30-23(31-22)17-8-10-20(11-9-17)24(26,27)28/h6-13H,3-5H2,1-2H3/b18-12+. The molecule has 0 aliphatic carbocycles. The molecule has 0 spiro atoms. The van der Waals surface area contributed by atoms with Crippen molar-refractivity contribution < 1.29 is 17.6 Å². The number of unbranched alkanes of at least 4 members (excludes halogenated alkanes) is 1. The molecule has 0 saturated heterocycles. The Hall–Kier alpha value is -2.98. The minimum Gasteiger partial charge on any atom is -0.241 e. The summed E-state index contributed by atoms with van der Waals surface area (Å²) >= 11 is 1.41. The lowest BCUT2D eigenvalue weighted by Gasteiger charge is -2.07. The normalized spacial score (nSPS) is 12.1. The molecule has 0 amide bonds. The highest BCUT2D eigenvalue weighted by molar-refractivity contribution is 7.16. The zero-order chi connectivity index (χ0) is 22.6. The highest BCUT2D eigenvalue weighted by Crippen LogP contribution is 2.37. The molecule has 3 rings (SSSR count). The fourth-order valence-electron chi connectivity index (χ4n) is 3.15. The lowest BCUT2D eigenvalue weighted by molar-refractivity contribution is -0.137. The second-order valence-electron chi connectivity index (χ2n) is 7.13. The monoisotopic (exact) mass is 444 g/mol. The van der Waals surface area contributed by atoms with Crippen LogP contribution < -0.4 is 0 Å². The van der Waals surface area contributed by atoms with Crippen LogP contribution in [0.3, 0.4) is 0 Å². The highest BCUT2D eigenvalue weighted by Gasteiger charge is 2.30. The van der Waals surface area contributed by atoms with Crippen molar-refractivity contribution in [3.63, 3.8) is 0 Å². The molecule has 31 heavy (non-hydrogen) atoms. The molecule has 0 radical (unpaired) electrons. The van der Waals surface area contributed by atoms with Crippen LogP contribution in [0, 0.1) is 24.1 Å². The number of aryl methyl sites for hydroxylation is 1. The van der Waals surface area contributed by atoms with Crippen LogP contribution in [0.15, 0.2) is 42.5 Å². The van der Waals surface area contributed by atoms with Crippen molar-refractivity contribution in [3.05, 3.63) is 75.5 Å². The van der Waals surface area contributed by atoms with Gasteiger partial charge in [0.2, 0.25) is 0 Å². The summed E-state index contributed by atoms with van der Waals surface area (Å²) in [7, 11) is 0. The average molecular weight is 444 g/mol. The molecule has 0 fully saturated rings. The minimum absolute atomic E-state index is 0.00850. The quantitative estimate of drug-likeness (QED) is 0.363. The first-order valence-corrected chi connectivity index (χ1v) is 10.6. The van der Waals surface area contributed by atoms with Crippen LogP contribution in [0.1, 0.15) is 53.4 Å². The van der Waals surface area contributed by atoms with Crippen molar-refractivity contribution in [2.45, 2.75) is 39.3 Å². The minimum atomic E-state index is -4.38. The predicted molar refractivity (Wildman–Crippen MR) is 116 cm³/mol. The summed E-state index contributed by atoms with van der Waals surface area (Å²) in [5, 5.41) is 9.55. The maximum Gasteiger partial charge on any atom is 0.416 e. The highest BCUT2D eigenvalue weighted by atomic mass is 32.1. The van der Waals surface area contributed by atoms with Crippen LogP contribution in [0.25, 0.3) is 22.2 Å². The lowest BCUT2D eigenvalue weighted by Crippen LogP contribution is -2.03. The van der Waals surface area contributed by atoms with Gasteiger partial charge >= 0.3 is 6.18 Å². The van der Waals surface area contributed by atoms with E-state index in [9.17, 15) is 17.6 Å². The molecule has 2 nitrogen and oxygen atoms in total. The number of hydrogen-bond donors (Lipinski definition) is 0. The van der Waals surface area contributed by atoms with Crippen molar-refractivity contribution in [1.29, 1.82) is 5.26 Å². The first kappa shape index (κ1) is 22.7. The predicted octanol–water partition coefficient (Wildman–Crippen LogP) is 7.88. The zero-order valence-electron chi connectivity index (χ0n) is 17.1. The summed E-state index contributed by atoms with van der Waals surface area (Å²) in [5.74, 6) is -0.572. The average Bonchev–Trinajstić information content (AvgIpc) is 3.12. The van der Waals surface area contributed by atoms with Crippen LogP contribution in [0.4, 0.5) is 17.6 Å². The van der Waals surface area contributed by atoms with Gasteiger partial charge in [0.05, 0.1) is 21.7 Å². The Morgan fingerprint density at radius 1 is 1.16 bits per heavy atom. The molecule has 0 atom stereocenters. The van der Waals surface area contributed by atoms with Gasteiger partial charge < -0.3 is 0 Å². The van der Waals surface area contributed by atoms with Crippen molar-refractivity contribution in [1.82, 2.24) is 4.98 Å². The number of aromatic nitrogens is 1. The fourth-order valence-corrected chi connectivity index (χ4v) is 4.27. The molecule has 0 N–H and O–H groups in total. The molecule has 3 aromatic rings. The van der Waals surface area contributed by atoms with Crippen LogP contribution in [0.5, 0.6) is 0 Å². The van der Waals surface area contributed by atoms with Gasteiger partial charge in [-0.2, -0.15) is 18.4 Å². The largest absolute Gasteiger partial charge is 0.416 e. The number of halogens is 4. The van der Waals surface area contributed by atoms with E-state index in [-0.39, 0.29) is 5.56 Å². The van der Waals surface area contributed by atoms with E-state index in [1.807, 2.05) is 19.1 Å². The van der Waals surface area contributed by atoms with Gasteiger partial charge in [-0.25, -0.2) is 9.37 Å². The summed E-state index contributed by atoms with van der Waals surface area (Å²) in [6.07, 6.45) is 0.166. The van der Waals surface area contributed by atoms with Gasteiger partial charge in [0.25, 0.3) is 0 Å². The summed E-state index contributed by atoms with van der Waals surface area (Å²) < 4.78 is 52.5. The molecule has 7 heteroatoms. The molecular formula is C24H20F4N2S. The van der Waals surface area contributed by atoms with Gasteiger partial charge in [-0.05, 0) is 55.2 Å². The number of nitrogens with zero attached hydrogens (tertiary/aromatic N) is 2. The Balaban J connectivity index is 1.98. The Kier molecular flexibility index (Phi) is 6.91. The lowest BCUT2D eigenvalue weighted by atomic mass is 10.0. The molecule has 160 valence electrons. The molecule has 0 aliphatic rings. The number of thiazole rings is 1. The molecular weight excluding hydrogens is 424 g/mol. The van der Waals surface area contributed by atoms with Crippen molar-refractivity contribution >= 4 is 23.0 Å². The molecule has 1 heterocycles. The van der Waals surface area contributed by atoms with E-state index in [2.05, 4.69) is 11.9 Å².